The van der Waals surface area contributed by atoms with Gasteiger partial charge in [-0.2, -0.15) is 0 Å². The van der Waals surface area contributed by atoms with Gasteiger partial charge in [-0.3, -0.25) is 4.90 Å². The molecule has 4 heteroatoms. The van der Waals surface area contributed by atoms with E-state index in [-0.39, 0.29) is 0 Å². The molecule has 0 aliphatic carbocycles. The molecule has 0 aromatic rings. The molecule has 0 saturated carbocycles. The fourth-order valence-corrected chi connectivity index (χ4v) is 2.00. The topological polar surface area (TPSA) is 47.7 Å². The quantitative estimate of drug-likeness (QED) is 0.671. The van der Waals surface area contributed by atoms with Crippen molar-refractivity contribution in [1.82, 2.24) is 4.90 Å². The van der Waals surface area contributed by atoms with Gasteiger partial charge >= 0.3 is 0 Å². The number of hydrogen-bond donors (Lipinski definition) is 1. The molecule has 0 spiro atoms. The van der Waals surface area contributed by atoms with Crippen LogP contribution in [0, 0.1) is 0 Å². The first kappa shape index (κ1) is 12.9. The average Bonchev–Trinajstić information content (AvgIpc) is 2.61. The standard InChI is InChI=1S/C11H24N2O2/c1-10-3-4-11(15-10)9-13(6-5-12)7-8-14-2/h10-11H,3-9,12H2,1-2H3. The second-order valence-corrected chi connectivity index (χ2v) is 4.23. The minimum absolute atomic E-state index is 0.392. The highest BCUT2D eigenvalue weighted by molar-refractivity contribution is 4.74. The zero-order valence-electron chi connectivity index (χ0n) is 9.95. The molecule has 0 amide bonds. The second-order valence-electron chi connectivity index (χ2n) is 4.23. The number of ether oxygens (including phenoxy) is 2. The molecular weight excluding hydrogens is 192 g/mol. The molecule has 15 heavy (non-hydrogen) atoms. The molecule has 2 atom stereocenters. The predicted octanol–water partition coefficient (Wildman–Crippen LogP) is 0.461. The van der Waals surface area contributed by atoms with Crippen molar-refractivity contribution in [1.29, 1.82) is 0 Å². The second kappa shape index (κ2) is 7.17. The van der Waals surface area contributed by atoms with E-state index in [2.05, 4.69) is 11.8 Å². The van der Waals surface area contributed by atoms with Crippen LogP contribution in [0.4, 0.5) is 0 Å². The highest BCUT2D eigenvalue weighted by Gasteiger charge is 2.23. The molecule has 1 aliphatic heterocycles. The third kappa shape index (κ3) is 4.93. The fraction of sp³-hybridized carbons (Fsp3) is 1.00. The van der Waals surface area contributed by atoms with Gasteiger partial charge in [0.05, 0.1) is 18.8 Å². The summed E-state index contributed by atoms with van der Waals surface area (Å²) in [6, 6.07) is 0. The van der Waals surface area contributed by atoms with E-state index in [1.165, 1.54) is 12.8 Å². The van der Waals surface area contributed by atoms with Gasteiger partial charge in [-0.15, -0.1) is 0 Å². The largest absolute Gasteiger partial charge is 0.383 e. The van der Waals surface area contributed by atoms with Crippen LogP contribution < -0.4 is 5.73 Å². The van der Waals surface area contributed by atoms with Gasteiger partial charge in [0, 0.05) is 33.3 Å². The first-order valence-corrected chi connectivity index (χ1v) is 5.83. The van der Waals surface area contributed by atoms with Crippen molar-refractivity contribution in [3.05, 3.63) is 0 Å². The van der Waals surface area contributed by atoms with Crippen LogP contribution in [0.5, 0.6) is 0 Å². The number of rotatable bonds is 7. The van der Waals surface area contributed by atoms with Crippen LogP contribution in [-0.4, -0.2) is 57.0 Å². The van der Waals surface area contributed by atoms with Crippen molar-refractivity contribution in [2.45, 2.75) is 32.0 Å². The highest BCUT2D eigenvalue weighted by atomic mass is 16.5. The Bertz CT molecular complexity index is 167. The molecule has 1 aliphatic rings. The normalized spacial score (nSPS) is 26.4. The van der Waals surface area contributed by atoms with Crippen molar-refractivity contribution in [3.8, 4) is 0 Å². The molecule has 90 valence electrons. The summed E-state index contributed by atoms with van der Waals surface area (Å²) >= 11 is 0. The summed E-state index contributed by atoms with van der Waals surface area (Å²) in [7, 11) is 1.73. The number of hydrogen-bond acceptors (Lipinski definition) is 4. The van der Waals surface area contributed by atoms with Crippen LogP contribution in [0.2, 0.25) is 0 Å². The maximum Gasteiger partial charge on any atom is 0.0706 e. The molecule has 1 saturated heterocycles. The lowest BCUT2D eigenvalue weighted by Gasteiger charge is -2.24. The molecular formula is C11H24N2O2. The van der Waals surface area contributed by atoms with Gasteiger partial charge in [0.1, 0.15) is 0 Å². The van der Waals surface area contributed by atoms with Gasteiger partial charge < -0.3 is 15.2 Å². The van der Waals surface area contributed by atoms with E-state index in [1.807, 2.05) is 0 Å². The van der Waals surface area contributed by atoms with Crippen molar-refractivity contribution < 1.29 is 9.47 Å². The molecule has 2 unspecified atom stereocenters. The van der Waals surface area contributed by atoms with Crippen LogP contribution in [-0.2, 0) is 9.47 Å². The fourth-order valence-electron chi connectivity index (χ4n) is 2.00. The van der Waals surface area contributed by atoms with E-state index in [4.69, 9.17) is 15.2 Å². The summed E-state index contributed by atoms with van der Waals surface area (Å²) in [6.45, 7) is 6.47. The average molecular weight is 216 g/mol. The molecule has 0 aromatic carbocycles. The van der Waals surface area contributed by atoms with E-state index in [9.17, 15) is 0 Å². The number of methoxy groups -OCH3 is 1. The highest BCUT2D eigenvalue weighted by Crippen LogP contribution is 2.19. The Hall–Kier alpha value is -0.160. The smallest absolute Gasteiger partial charge is 0.0706 e. The van der Waals surface area contributed by atoms with Gasteiger partial charge in [0.15, 0.2) is 0 Å². The lowest BCUT2D eigenvalue weighted by atomic mass is 10.2. The number of nitrogens with zero attached hydrogens (tertiary/aromatic N) is 1. The van der Waals surface area contributed by atoms with E-state index in [0.29, 0.717) is 18.8 Å². The van der Waals surface area contributed by atoms with Crippen LogP contribution in [0.15, 0.2) is 0 Å². The van der Waals surface area contributed by atoms with Gasteiger partial charge in [-0.05, 0) is 19.8 Å². The Morgan fingerprint density at radius 3 is 2.73 bits per heavy atom. The van der Waals surface area contributed by atoms with E-state index >= 15 is 0 Å². The van der Waals surface area contributed by atoms with Crippen molar-refractivity contribution in [2.75, 3.05) is 39.9 Å². The van der Waals surface area contributed by atoms with Crippen LogP contribution in [0.25, 0.3) is 0 Å². The van der Waals surface area contributed by atoms with Gasteiger partial charge in [0.25, 0.3) is 0 Å². The molecule has 0 aromatic heterocycles. The van der Waals surface area contributed by atoms with Crippen LogP contribution in [0.1, 0.15) is 19.8 Å². The summed E-state index contributed by atoms with van der Waals surface area (Å²) in [5.41, 5.74) is 5.58. The Morgan fingerprint density at radius 1 is 1.40 bits per heavy atom. The van der Waals surface area contributed by atoms with Gasteiger partial charge in [0.2, 0.25) is 0 Å². The van der Waals surface area contributed by atoms with E-state index < -0.39 is 0 Å². The Balaban J connectivity index is 2.23. The zero-order chi connectivity index (χ0) is 11.1. The first-order chi connectivity index (χ1) is 7.26. The Labute approximate surface area is 92.7 Å². The minimum atomic E-state index is 0.392. The monoisotopic (exact) mass is 216 g/mol. The molecule has 1 heterocycles. The molecule has 1 rings (SSSR count). The van der Waals surface area contributed by atoms with Crippen LogP contribution in [0.3, 0.4) is 0 Å². The van der Waals surface area contributed by atoms with Gasteiger partial charge in [-0.25, -0.2) is 0 Å². The van der Waals surface area contributed by atoms with Crippen molar-refractivity contribution in [2.24, 2.45) is 5.73 Å². The Kier molecular flexibility index (Phi) is 6.17. The molecule has 0 radical (unpaired) electrons. The molecule has 4 nitrogen and oxygen atoms in total. The molecule has 1 fully saturated rings. The van der Waals surface area contributed by atoms with Crippen LogP contribution >= 0.6 is 0 Å². The minimum Gasteiger partial charge on any atom is -0.383 e. The lowest BCUT2D eigenvalue weighted by Crippen LogP contribution is -2.38. The third-order valence-corrected chi connectivity index (χ3v) is 2.84. The summed E-state index contributed by atoms with van der Waals surface area (Å²) in [5, 5.41) is 0. The van der Waals surface area contributed by atoms with Crippen molar-refractivity contribution >= 4 is 0 Å². The summed E-state index contributed by atoms with van der Waals surface area (Å²) in [4.78, 5) is 2.33. The van der Waals surface area contributed by atoms with E-state index in [0.717, 1.165) is 26.2 Å². The SMILES string of the molecule is COCCN(CCN)CC1CCC(C)O1. The summed E-state index contributed by atoms with van der Waals surface area (Å²) in [5.74, 6) is 0. The molecule has 0 bridgehead atoms. The summed E-state index contributed by atoms with van der Waals surface area (Å²) in [6.07, 6.45) is 3.18. The van der Waals surface area contributed by atoms with E-state index in [1.54, 1.807) is 7.11 Å². The maximum absolute atomic E-state index is 5.79. The third-order valence-electron chi connectivity index (χ3n) is 2.84. The number of nitrogens with two attached hydrogens (primary N) is 1. The first-order valence-electron chi connectivity index (χ1n) is 5.83. The van der Waals surface area contributed by atoms with Crippen molar-refractivity contribution in [3.63, 3.8) is 0 Å². The molecule has 2 N–H and O–H groups in total. The zero-order valence-corrected chi connectivity index (χ0v) is 9.95. The lowest BCUT2D eigenvalue weighted by molar-refractivity contribution is 0.0268. The summed E-state index contributed by atoms with van der Waals surface area (Å²) < 4.78 is 10.9. The Morgan fingerprint density at radius 2 is 2.20 bits per heavy atom. The van der Waals surface area contributed by atoms with Gasteiger partial charge in [-0.1, -0.05) is 0 Å². The maximum atomic E-state index is 5.79. The predicted molar refractivity (Wildman–Crippen MR) is 60.9 cm³/mol.